The minimum absolute atomic E-state index is 0. The van der Waals surface area contributed by atoms with Gasteiger partial charge in [-0.1, -0.05) is 12.5 Å². The third kappa shape index (κ3) is 3.65. The van der Waals surface area contributed by atoms with Crippen molar-refractivity contribution < 1.29 is 74.8 Å². The number of hydrogen-bond acceptors (Lipinski definition) is 7. The fourth-order valence-electron chi connectivity index (χ4n) is 7.24. The van der Waals surface area contributed by atoms with Crippen LogP contribution >= 0.6 is 7.82 Å². The number of allylic oxidation sites excluding steroid dienone is 3. The Morgan fingerprint density at radius 1 is 1.28 bits per heavy atom. The van der Waals surface area contributed by atoms with Gasteiger partial charge in [-0.25, -0.2) is 4.57 Å². The van der Waals surface area contributed by atoms with E-state index in [9.17, 15) is 39.3 Å². The van der Waals surface area contributed by atoms with Gasteiger partial charge in [-0.3, -0.25) is 19.4 Å². The van der Waals surface area contributed by atoms with Gasteiger partial charge in [0.2, 0.25) is 0 Å². The topological polar surface area (TPSA) is 162 Å². The third-order valence-corrected chi connectivity index (χ3v) is 9.05. The van der Waals surface area contributed by atoms with Crippen LogP contribution in [0.2, 0.25) is 0 Å². The average molecular weight is 480 g/mol. The van der Waals surface area contributed by atoms with Gasteiger partial charge in [-0.15, -0.1) is 0 Å². The molecule has 174 valence electrons. The largest absolute Gasteiger partial charge is 1.00 e. The van der Waals surface area contributed by atoms with Gasteiger partial charge >= 0.3 is 37.4 Å². The van der Waals surface area contributed by atoms with E-state index < -0.39 is 54.4 Å². The van der Waals surface area contributed by atoms with Gasteiger partial charge in [0.15, 0.2) is 11.6 Å². The van der Waals surface area contributed by atoms with E-state index in [1.807, 2.05) is 0 Å². The van der Waals surface area contributed by atoms with Gasteiger partial charge in [0.25, 0.3) is 0 Å². The summed E-state index contributed by atoms with van der Waals surface area (Å²) in [6.07, 6.45) is 3.37. The first-order valence-corrected chi connectivity index (χ1v) is 12.1. The number of ketones is 2. The Hall–Kier alpha value is -0.350. The van der Waals surface area contributed by atoms with Crippen LogP contribution in [0.1, 0.15) is 47.4 Å². The molecule has 0 saturated heterocycles. The number of aliphatic hydroxyl groups excluding tert-OH is 2. The Kier molecular flexibility index (Phi) is 6.89. The van der Waals surface area contributed by atoms with Crippen LogP contribution in [-0.4, -0.2) is 55.0 Å². The van der Waals surface area contributed by atoms with Crippen LogP contribution in [0.25, 0.3) is 0 Å². The van der Waals surface area contributed by atoms with Crippen LogP contribution < -0.4 is 29.6 Å². The smallest absolute Gasteiger partial charge is 1.00 e. The zero-order chi connectivity index (χ0) is 23.0. The molecule has 0 unspecified atom stereocenters. The SMILES string of the molecule is C[C@@]12C(=CC(=O)C=C1OP(=O)(O)O)CC[C@@H]1[C@@H]2[C@@H](O)C[C@@]2(C)[C@H]1CC[C@]2(O)C(=O)CO.[H-].[Na+]. The summed E-state index contributed by atoms with van der Waals surface area (Å²) >= 11 is 0. The Labute approximate surface area is 209 Å². The first kappa shape index (κ1) is 26.3. The summed E-state index contributed by atoms with van der Waals surface area (Å²) in [4.78, 5) is 43.5. The fraction of sp³-hybridized carbons (Fsp3) is 0.714. The van der Waals surface area contributed by atoms with Gasteiger partial charge in [-0.2, -0.15) is 0 Å². The molecule has 4 rings (SSSR count). The number of hydrogen-bond donors (Lipinski definition) is 5. The van der Waals surface area contributed by atoms with E-state index in [-0.39, 0.29) is 61.4 Å². The maximum Gasteiger partial charge on any atom is 1.00 e. The first-order valence-electron chi connectivity index (χ1n) is 10.5. The van der Waals surface area contributed by atoms with Crippen molar-refractivity contribution in [2.24, 2.45) is 28.6 Å². The Morgan fingerprint density at radius 2 is 1.94 bits per heavy atom. The zero-order valence-electron chi connectivity index (χ0n) is 19.5. The van der Waals surface area contributed by atoms with Crippen molar-refractivity contribution in [1.29, 1.82) is 0 Å². The van der Waals surface area contributed by atoms with E-state index in [0.29, 0.717) is 24.8 Å². The number of carbonyl (C=O) groups is 2. The monoisotopic (exact) mass is 480 g/mol. The standard InChI is InChI=1S/C21H29O9P.Na.H/c1-19-9-15(24)18-13(14(19)5-6-21(19,26)16(25)10-22)4-3-11-7-12(23)8-17(20(11,18)2)30-31(27,28)29;;/h7-8,13-15,18,22,24,26H,3-6,9-10H2,1-2H3,(H2,27,28,29);;/q;+1;-1/t13-,14-,15-,18+,19-,20+,21-;;/m0../s1. The molecule has 0 heterocycles. The van der Waals surface area contributed by atoms with Crippen molar-refractivity contribution in [1.82, 2.24) is 0 Å². The number of rotatable bonds is 4. The zero-order valence-corrected chi connectivity index (χ0v) is 21.4. The van der Waals surface area contributed by atoms with Crippen molar-refractivity contribution in [3.05, 3.63) is 23.5 Å². The van der Waals surface area contributed by atoms with Gasteiger partial charge in [-0.05, 0) is 56.9 Å². The number of phosphoric acid groups is 1. The normalized spacial score (nSPS) is 43.2. The summed E-state index contributed by atoms with van der Waals surface area (Å²) < 4.78 is 16.6. The summed E-state index contributed by atoms with van der Waals surface area (Å²) in [6, 6.07) is 0. The van der Waals surface area contributed by atoms with E-state index in [2.05, 4.69) is 0 Å². The van der Waals surface area contributed by atoms with Crippen molar-refractivity contribution in [2.45, 2.75) is 57.7 Å². The predicted molar refractivity (Wildman–Crippen MR) is 108 cm³/mol. The molecule has 32 heavy (non-hydrogen) atoms. The number of phosphoric ester groups is 1. The van der Waals surface area contributed by atoms with Crippen molar-refractivity contribution in [3.63, 3.8) is 0 Å². The van der Waals surface area contributed by atoms with Crippen LogP contribution in [0.4, 0.5) is 0 Å². The van der Waals surface area contributed by atoms with Crippen LogP contribution in [0.3, 0.4) is 0 Å². The van der Waals surface area contributed by atoms with Gasteiger partial charge in [0.1, 0.15) is 18.0 Å². The van der Waals surface area contributed by atoms with E-state index >= 15 is 0 Å². The van der Waals surface area contributed by atoms with Crippen molar-refractivity contribution in [2.75, 3.05) is 6.61 Å². The molecule has 0 aromatic rings. The Morgan fingerprint density at radius 3 is 2.53 bits per heavy atom. The van der Waals surface area contributed by atoms with E-state index in [1.54, 1.807) is 13.8 Å². The van der Waals surface area contributed by atoms with Gasteiger partial charge in [0, 0.05) is 17.4 Å². The number of carbonyl (C=O) groups excluding carboxylic acids is 2. The molecule has 0 spiro atoms. The quantitative estimate of drug-likeness (QED) is 0.229. The number of fused-ring (bicyclic) bond motifs is 5. The summed E-state index contributed by atoms with van der Waals surface area (Å²) in [5, 5.41) is 32.0. The fourth-order valence-corrected chi connectivity index (χ4v) is 7.74. The molecule has 0 aliphatic heterocycles. The Balaban J connectivity index is 0.00000193. The second-order valence-corrected chi connectivity index (χ2v) is 11.0. The first-order chi connectivity index (χ1) is 14.3. The van der Waals surface area contributed by atoms with Crippen molar-refractivity contribution >= 4 is 19.4 Å². The third-order valence-electron chi connectivity index (χ3n) is 8.61. The second-order valence-electron chi connectivity index (χ2n) is 9.87. The van der Waals surface area contributed by atoms with E-state index in [1.165, 1.54) is 6.08 Å². The van der Waals surface area contributed by atoms with Crippen LogP contribution in [0, 0.1) is 28.6 Å². The Bertz CT molecular complexity index is 948. The molecule has 0 radical (unpaired) electrons. The summed E-state index contributed by atoms with van der Waals surface area (Å²) in [5.74, 6) is -2.06. The van der Waals surface area contributed by atoms with Crippen LogP contribution in [0.5, 0.6) is 0 Å². The van der Waals surface area contributed by atoms with Gasteiger partial charge in [0.05, 0.1) is 11.5 Å². The molecule has 11 heteroatoms. The van der Waals surface area contributed by atoms with Crippen molar-refractivity contribution in [3.8, 4) is 0 Å². The van der Waals surface area contributed by atoms with Gasteiger partial charge < -0.3 is 21.3 Å². The molecule has 4 aliphatic rings. The van der Waals surface area contributed by atoms with Crippen LogP contribution in [-0.2, 0) is 18.7 Å². The molecule has 4 aliphatic carbocycles. The number of aliphatic hydroxyl groups is 3. The average Bonchev–Trinajstić information content (AvgIpc) is 2.92. The molecule has 0 bridgehead atoms. The summed E-state index contributed by atoms with van der Waals surface area (Å²) in [7, 11) is -4.95. The maximum absolute atomic E-state index is 12.5. The summed E-state index contributed by atoms with van der Waals surface area (Å²) in [5.41, 5.74) is -3.12. The molecule has 0 aromatic heterocycles. The van der Waals surface area contributed by atoms with E-state index in [4.69, 9.17) is 4.52 Å². The van der Waals surface area contributed by atoms with Crippen LogP contribution in [0.15, 0.2) is 23.5 Å². The predicted octanol–water partition coefficient (Wildman–Crippen LogP) is -1.89. The summed E-state index contributed by atoms with van der Waals surface area (Å²) in [6.45, 7) is 2.73. The molecule has 3 fully saturated rings. The molecule has 0 amide bonds. The number of Topliss-reactive ketones (excluding diaryl/α,β-unsaturated/α-hetero) is 1. The molecule has 5 N–H and O–H groups in total. The molecule has 0 aromatic carbocycles. The minimum Gasteiger partial charge on any atom is -1.00 e. The molecular formula is C21H30NaO9P. The second kappa shape index (κ2) is 8.40. The molecule has 9 nitrogen and oxygen atoms in total. The minimum atomic E-state index is -4.95. The van der Waals surface area contributed by atoms with E-state index in [0.717, 1.165) is 6.08 Å². The molecular weight excluding hydrogens is 450 g/mol. The molecule has 7 atom stereocenters. The molecule has 3 saturated carbocycles. The maximum atomic E-state index is 12.5.